The quantitative estimate of drug-likeness (QED) is 0.692. The Bertz CT molecular complexity index is 399. The van der Waals surface area contributed by atoms with Crippen LogP contribution < -0.4 is 11.1 Å². The molecule has 0 spiro atoms. The zero-order valence-corrected chi connectivity index (χ0v) is 9.77. The molecule has 4 N–H and O–H groups in total. The second-order valence-electron chi connectivity index (χ2n) is 3.86. The van der Waals surface area contributed by atoms with E-state index < -0.39 is 25.0 Å². The van der Waals surface area contributed by atoms with Gasteiger partial charge in [-0.1, -0.05) is 24.3 Å². The van der Waals surface area contributed by atoms with Crippen molar-refractivity contribution in [1.29, 1.82) is 0 Å². The van der Waals surface area contributed by atoms with Gasteiger partial charge in [-0.3, -0.25) is 4.79 Å². The number of alkyl halides is 2. The molecule has 18 heavy (non-hydrogen) atoms. The number of aliphatic hydroxyl groups excluding tert-OH is 1. The molecule has 1 unspecified atom stereocenters. The van der Waals surface area contributed by atoms with Crippen molar-refractivity contribution < 1.29 is 18.7 Å². The molecule has 4 nitrogen and oxygen atoms in total. The Morgan fingerprint density at radius 2 is 1.94 bits per heavy atom. The zero-order valence-electron chi connectivity index (χ0n) is 9.77. The molecule has 1 aromatic rings. The van der Waals surface area contributed by atoms with Crippen LogP contribution in [0.1, 0.15) is 11.1 Å². The van der Waals surface area contributed by atoms with Crippen molar-refractivity contribution in [2.75, 3.05) is 6.54 Å². The van der Waals surface area contributed by atoms with Gasteiger partial charge in [0.05, 0.1) is 6.42 Å². The predicted molar refractivity (Wildman–Crippen MR) is 63.1 cm³/mol. The number of benzene rings is 1. The average molecular weight is 258 g/mol. The van der Waals surface area contributed by atoms with Crippen molar-refractivity contribution in [3.8, 4) is 0 Å². The normalized spacial score (nSPS) is 12.5. The van der Waals surface area contributed by atoms with E-state index in [9.17, 15) is 13.6 Å². The van der Waals surface area contributed by atoms with Gasteiger partial charge in [0.2, 0.25) is 5.91 Å². The summed E-state index contributed by atoms with van der Waals surface area (Å²) in [5.41, 5.74) is 7.11. The van der Waals surface area contributed by atoms with Gasteiger partial charge in [-0.15, -0.1) is 0 Å². The molecule has 0 aromatic heterocycles. The molecule has 0 saturated carbocycles. The van der Waals surface area contributed by atoms with E-state index in [1.165, 1.54) is 0 Å². The summed E-state index contributed by atoms with van der Waals surface area (Å²) in [5, 5.41) is 11.1. The van der Waals surface area contributed by atoms with Crippen LogP contribution in [0, 0.1) is 0 Å². The van der Waals surface area contributed by atoms with E-state index in [4.69, 9.17) is 10.8 Å². The first-order chi connectivity index (χ1) is 8.54. The van der Waals surface area contributed by atoms with Crippen molar-refractivity contribution in [2.45, 2.75) is 25.5 Å². The van der Waals surface area contributed by atoms with Gasteiger partial charge < -0.3 is 16.2 Å². The highest BCUT2D eigenvalue weighted by Gasteiger charge is 2.17. The van der Waals surface area contributed by atoms with Crippen LogP contribution in [0.3, 0.4) is 0 Å². The SMILES string of the molecule is NCc1ccccc1CC(=O)NCC(O)C(F)F. The number of rotatable bonds is 6. The van der Waals surface area contributed by atoms with Crippen LogP contribution in [-0.4, -0.2) is 30.1 Å². The summed E-state index contributed by atoms with van der Waals surface area (Å²) in [6.07, 6.45) is -4.64. The van der Waals surface area contributed by atoms with Gasteiger partial charge in [0, 0.05) is 13.1 Å². The maximum atomic E-state index is 12.0. The Morgan fingerprint density at radius 1 is 1.33 bits per heavy atom. The molecule has 1 atom stereocenters. The molecule has 6 heteroatoms. The van der Waals surface area contributed by atoms with Crippen LogP contribution in [0.15, 0.2) is 24.3 Å². The topological polar surface area (TPSA) is 75.4 Å². The van der Waals surface area contributed by atoms with E-state index in [0.717, 1.165) is 11.1 Å². The molecule has 1 aromatic carbocycles. The van der Waals surface area contributed by atoms with Crippen LogP contribution in [0.4, 0.5) is 8.78 Å². The smallest absolute Gasteiger partial charge is 0.265 e. The third-order valence-electron chi connectivity index (χ3n) is 2.49. The Kier molecular flexibility index (Phi) is 5.67. The van der Waals surface area contributed by atoms with Crippen LogP contribution in [-0.2, 0) is 17.8 Å². The Labute approximate surface area is 104 Å². The molecular weight excluding hydrogens is 242 g/mol. The van der Waals surface area contributed by atoms with Crippen molar-refractivity contribution in [1.82, 2.24) is 5.32 Å². The van der Waals surface area contributed by atoms with Gasteiger partial charge in [-0.2, -0.15) is 0 Å². The fourth-order valence-electron chi connectivity index (χ4n) is 1.47. The minimum absolute atomic E-state index is 0.0589. The Morgan fingerprint density at radius 3 is 2.50 bits per heavy atom. The van der Waals surface area contributed by atoms with Crippen LogP contribution in [0.25, 0.3) is 0 Å². The van der Waals surface area contributed by atoms with Crippen LogP contribution >= 0.6 is 0 Å². The van der Waals surface area contributed by atoms with Crippen molar-refractivity contribution in [2.24, 2.45) is 5.73 Å². The van der Waals surface area contributed by atoms with E-state index in [1.807, 2.05) is 6.07 Å². The number of hydrogen-bond acceptors (Lipinski definition) is 3. The summed E-state index contributed by atoms with van der Waals surface area (Å²) in [4.78, 5) is 11.5. The number of hydrogen-bond donors (Lipinski definition) is 3. The third-order valence-corrected chi connectivity index (χ3v) is 2.49. The fraction of sp³-hybridized carbons (Fsp3) is 0.417. The van der Waals surface area contributed by atoms with Gasteiger partial charge in [0.1, 0.15) is 6.10 Å². The Hall–Kier alpha value is -1.53. The lowest BCUT2D eigenvalue weighted by Crippen LogP contribution is -2.36. The van der Waals surface area contributed by atoms with Gasteiger partial charge in [0.25, 0.3) is 6.43 Å². The van der Waals surface area contributed by atoms with Crippen LogP contribution in [0.2, 0.25) is 0 Å². The number of amides is 1. The molecule has 0 aliphatic carbocycles. The molecule has 100 valence electrons. The molecule has 0 aliphatic heterocycles. The predicted octanol–water partition coefficient (Wildman–Crippen LogP) is 0.430. The highest BCUT2D eigenvalue weighted by atomic mass is 19.3. The molecule has 0 heterocycles. The van der Waals surface area contributed by atoms with Gasteiger partial charge in [0.15, 0.2) is 0 Å². The van der Waals surface area contributed by atoms with Crippen molar-refractivity contribution in [3.63, 3.8) is 0 Å². The minimum Gasteiger partial charge on any atom is -0.385 e. The van der Waals surface area contributed by atoms with E-state index in [1.54, 1.807) is 18.2 Å². The van der Waals surface area contributed by atoms with E-state index in [-0.39, 0.29) is 6.42 Å². The standard InChI is InChI=1S/C12H16F2N2O2/c13-12(14)10(17)7-16-11(18)5-8-3-1-2-4-9(8)6-15/h1-4,10,12,17H,5-7,15H2,(H,16,18). The van der Waals surface area contributed by atoms with Crippen LogP contribution in [0.5, 0.6) is 0 Å². The van der Waals surface area contributed by atoms with E-state index >= 15 is 0 Å². The highest BCUT2D eigenvalue weighted by molar-refractivity contribution is 5.78. The summed E-state index contributed by atoms with van der Waals surface area (Å²) in [5.74, 6) is -0.421. The number of carbonyl (C=O) groups is 1. The number of carbonyl (C=O) groups excluding carboxylic acids is 1. The number of nitrogens with two attached hydrogens (primary N) is 1. The highest BCUT2D eigenvalue weighted by Crippen LogP contribution is 2.08. The monoisotopic (exact) mass is 258 g/mol. The van der Waals surface area contributed by atoms with E-state index in [2.05, 4.69) is 5.32 Å². The summed E-state index contributed by atoms with van der Waals surface area (Å²) in [6.45, 7) is -0.148. The fourth-order valence-corrected chi connectivity index (χ4v) is 1.47. The van der Waals surface area contributed by atoms with Crippen molar-refractivity contribution in [3.05, 3.63) is 35.4 Å². The largest absolute Gasteiger partial charge is 0.385 e. The summed E-state index contributed by atoms with van der Waals surface area (Å²) in [7, 11) is 0. The number of aliphatic hydroxyl groups is 1. The maximum Gasteiger partial charge on any atom is 0.265 e. The summed E-state index contributed by atoms with van der Waals surface area (Å²) in [6, 6.07) is 7.14. The number of nitrogens with one attached hydrogen (secondary N) is 1. The molecule has 0 aliphatic rings. The molecule has 1 rings (SSSR count). The maximum absolute atomic E-state index is 12.0. The number of halogens is 2. The molecule has 0 bridgehead atoms. The van der Waals surface area contributed by atoms with Gasteiger partial charge >= 0.3 is 0 Å². The molecule has 0 fully saturated rings. The first-order valence-corrected chi connectivity index (χ1v) is 5.54. The van der Waals surface area contributed by atoms with Gasteiger partial charge in [-0.05, 0) is 11.1 Å². The minimum atomic E-state index is -2.86. The lowest BCUT2D eigenvalue weighted by molar-refractivity contribution is -0.121. The molecule has 0 radical (unpaired) electrons. The lowest BCUT2D eigenvalue weighted by atomic mass is 10.0. The lowest BCUT2D eigenvalue weighted by Gasteiger charge is -2.11. The van der Waals surface area contributed by atoms with Crippen molar-refractivity contribution >= 4 is 5.91 Å². The first kappa shape index (κ1) is 14.5. The molecule has 0 saturated heterocycles. The van der Waals surface area contributed by atoms with E-state index in [0.29, 0.717) is 6.54 Å². The third kappa shape index (κ3) is 4.38. The van der Waals surface area contributed by atoms with Gasteiger partial charge in [-0.25, -0.2) is 8.78 Å². The Balaban J connectivity index is 2.49. The summed E-state index contributed by atoms with van der Waals surface area (Å²) < 4.78 is 24.0. The zero-order chi connectivity index (χ0) is 13.5. The average Bonchev–Trinajstić information content (AvgIpc) is 2.36. The second-order valence-corrected chi connectivity index (χ2v) is 3.86. The summed E-state index contributed by atoms with van der Waals surface area (Å²) >= 11 is 0. The second kappa shape index (κ2) is 7.03. The first-order valence-electron chi connectivity index (χ1n) is 5.54. The molecular formula is C12H16F2N2O2. The molecule has 1 amide bonds.